The summed E-state index contributed by atoms with van der Waals surface area (Å²) in [7, 11) is 0. The molecule has 0 saturated heterocycles. The van der Waals surface area contributed by atoms with E-state index in [1.165, 1.54) is 23.6 Å². The van der Waals surface area contributed by atoms with Gasteiger partial charge in [-0.1, -0.05) is 36.4 Å². The number of hydrogen-bond donors (Lipinski definition) is 1. The van der Waals surface area contributed by atoms with Crippen molar-refractivity contribution in [1.29, 1.82) is 0 Å². The van der Waals surface area contributed by atoms with Gasteiger partial charge in [-0.05, 0) is 25.5 Å². The molecule has 0 spiro atoms. The monoisotopic (exact) mass is 418 g/mol. The number of halogens is 1. The molecule has 0 radical (unpaired) electrons. The third-order valence-electron chi connectivity index (χ3n) is 5.33. The summed E-state index contributed by atoms with van der Waals surface area (Å²) in [4.78, 5) is 42.4. The minimum Gasteiger partial charge on any atom is -0.506 e. The SMILES string of the molecule is Cc1c(F)cccc1-n1c(-c2ccccc2)ncc(C(O)=C2C(=O)CCCC2=O)c1=O. The quantitative estimate of drug-likeness (QED) is 0.395. The number of aliphatic hydroxyl groups excluding tert-OH is 1. The van der Waals surface area contributed by atoms with Crippen molar-refractivity contribution >= 4 is 17.3 Å². The molecule has 0 amide bonds. The Morgan fingerprint density at radius 1 is 1.00 bits per heavy atom. The van der Waals surface area contributed by atoms with E-state index in [0.29, 0.717) is 12.0 Å². The molecule has 3 aromatic rings. The van der Waals surface area contributed by atoms with Crippen molar-refractivity contribution in [2.24, 2.45) is 0 Å². The highest BCUT2D eigenvalue weighted by Gasteiger charge is 2.29. The number of carbonyl (C=O) groups excluding carboxylic acids is 2. The number of nitrogens with zero attached hydrogens (tertiary/aromatic N) is 2. The first-order valence-electron chi connectivity index (χ1n) is 9.83. The van der Waals surface area contributed by atoms with Gasteiger partial charge >= 0.3 is 0 Å². The van der Waals surface area contributed by atoms with Crippen LogP contribution in [0.3, 0.4) is 0 Å². The molecule has 0 unspecified atom stereocenters. The summed E-state index contributed by atoms with van der Waals surface area (Å²) in [5, 5.41) is 10.7. The highest BCUT2D eigenvalue weighted by Crippen LogP contribution is 2.26. The van der Waals surface area contributed by atoms with Gasteiger partial charge < -0.3 is 5.11 Å². The lowest BCUT2D eigenvalue weighted by molar-refractivity contribution is -0.123. The highest BCUT2D eigenvalue weighted by molar-refractivity contribution is 6.25. The fourth-order valence-corrected chi connectivity index (χ4v) is 3.68. The number of carbonyl (C=O) groups is 2. The first-order chi connectivity index (χ1) is 14.9. The standard InChI is InChI=1S/C24H19FN2O4/c1-14-17(25)9-5-10-18(14)27-23(15-7-3-2-4-8-15)26-13-16(24(27)31)22(30)21-19(28)11-6-12-20(21)29/h2-5,7-10,13,30H,6,11-12H2,1H3. The molecule has 4 rings (SSSR count). The van der Waals surface area contributed by atoms with Gasteiger partial charge in [0.05, 0.1) is 5.69 Å². The van der Waals surface area contributed by atoms with E-state index in [9.17, 15) is 23.9 Å². The van der Waals surface area contributed by atoms with Gasteiger partial charge in [-0.25, -0.2) is 9.37 Å². The van der Waals surface area contributed by atoms with E-state index in [0.717, 1.165) is 6.20 Å². The molecule has 1 heterocycles. The van der Waals surface area contributed by atoms with Gasteiger partial charge in [-0.15, -0.1) is 0 Å². The van der Waals surface area contributed by atoms with Crippen LogP contribution in [-0.2, 0) is 9.59 Å². The number of aliphatic hydroxyl groups is 1. The van der Waals surface area contributed by atoms with Crippen LogP contribution in [0.5, 0.6) is 0 Å². The van der Waals surface area contributed by atoms with Crippen molar-refractivity contribution in [3.8, 4) is 17.1 Å². The Morgan fingerprint density at radius 3 is 2.35 bits per heavy atom. The van der Waals surface area contributed by atoms with Crippen LogP contribution in [0.15, 0.2) is 65.1 Å². The molecule has 1 aromatic heterocycles. The van der Waals surface area contributed by atoms with E-state index in [4.69, 9.17) is 0 Å². The maximum atomic E-state index is 14.3. The minimum absolute atomic E-state index is 0.123. The zero-order valence-electron chi connectivity index (χ0n) is 16.8. The first-order valence-corrected chi connectivity index (χ1v) is 9.83. The Bertz CT molecular complexity index is 1270. The summed E-state index contributed by atoms with van der Waals surface area (Å²) in [6, 6.07) is 13.2. The van der Waals surface area contributed by atoms with Crippen LogP contribution in [0.1, 0.15) is 30.4 Å². The lowest BCUT2D eigenvalue weighted by Crippen LogP contribution is -2.28. The van der Waals surface area contributed by atoms with Crippen molar-refractivity contribution < 1.29 is 19.1 Å². The van der Waals surface area contributed by atoms with Crippen molar-refractivity contribution in [3.63, 3.8) is 0 Å². The summed E-state index contributed by atoms with van der Waals surface area (Å²) in [6.45, 7) is 1.53. The molecule has 1 saturated carbocycles. The number of ketones is 2. The molecular formula is C24H19FN2O4. The smallest absolute Gasteiger partial charge is 0.269 e. The molecule has 0 atom stereocenters. The van der Waals surface area contributed by atoms with E-state index in [1.54, 1.807) is 30.3 Å². The van der Waals surface area contributed by atoms with Crippen molar-refractivity contribution in [2.75, 3.05) is 0 Å². The molecule has 0 bridgehead atoms. The normalized spacial score (nSPS) is 14.1. The number of benzene rings is 2. The van der Waals surface area contributed by atoms with Crippen LogP contribution < -0.4 is 5.56 Å². The predicted molar refractivity (Wildman–Crippen MR) is 113 cm³/mol. The third-order valence-corrected chi connectivity index (χ3v) is 5.33. The van der Waals surface area contributed by atoms with Crippen molar-refractivity contribution in [2.45, 2.75) is 26.2 Å². The van der Waals surface area contributed by atoms with E-state index in [1.807, 2.05) is 6.07 Å². The summed E-state index contributed by atoms with van der Waals surface area (Å²) in [5.41, 5.74) is -0.303. The zero-order valence-corrected chi connectivity index (χ0v) is 16.8. The van der Waals surface area contributed by atoms with Crippen molar-refractivity contribution in [1.82, 2.24) is 9.55 Å². The summed E-state index contributed by atoms with van der Waals surface area (Å²) in [5.74, 6) is -1.96. The lowest BCUT2D eigenvalue weighted by Gasteiger charge is -2.17. The van der Waals surface area contributed by atoms with E-state index in [-0.39, 0.29) is 41.1 Å². The van der Waals surface area contributed by atoms with Crippen LogP contribution >= 0.6 is 0 Å². The van der Waals surface area contributed by atoms with Gasteiger partial charge in [0.25, 0.3) is 5.56 Å². The maximum Gasteiger partial charge on any atom is 0.269 e. The van der Waals surface area contributed by atoms with E-state index >= 15 is 0 Å². The number of aromatic nitrogens is 2. The molecular weight excluding hydrogens is 399 g/mol. The Morgan fingerprint density at radius 2 is 1.68 bits per heavy atom. The third kappa shape index (κ3) is 3.59. The Kier molecular flexibility index (Phi) is 5.33. The van der Waals surface area contributed by atoms with E-state index in [2.05, 4.69) is 4.98 Å². The predicted octanol–water partition coefficient (Wildman–Crippen LogP) is 3.94. The molecule has 7 heteroatoms. The van der Waals surface area contributed by atoms with Gasteiger partial charge in [0.15, 0.2) is 11.6 Å². The highest BCUT2D eigenvalue weighted by atomic mass is 19.1. The van der Waals surface area contributed by atoms with Crippen LogP contribution in [0.2, 0.25) is 0 Å². The maximum absolute atomic E-state index is 14.3. The Labute approximate surface area is 177 Å². The van der Waals surface area contributed by atoms with Gasteiger partial charge in [0.1, 0.15) is 28.5 Å². The van der Waals surface area contributed by atoms with Gasteiger partial charge in [-0.2, -0.15) is 0 Å². The second-order valence-corrected chi connectivity index (χ2v) is 7.31. The Hall–Kier alpha value is -3.87. The average molecular weight is 418 g/mol. The van der Waals surface area contributed by atoms with E-state index < -0.39 is 28.7 Å². The summed E-state index contributed by atoms with van der Waals surface area (Å²) >= 11 is 0. The molecule has 1 aliphatic carbocycles. The lowest BCUT2D eigenvalue weighted by atomic mass is 9.90. The molecule has 6 nitrogen and oxygen atoms in total. The minimum atomic E-state index is -0.710. The van der Waals surface area contributed by atoms with Crippen LogP contribution in [0.25, 0.3) is 22.8 Å². The second-order valence-electron chi connectivity index (χ2n) is 7.31. The molecule has 2 aromatic carbocycles. The fourth-order valence-electron chi connectivity index (χ4n) is 3.68. The first kappa shape index (κ1) is 20.4. The second kappa shape index (κ2) is 8.10. The molecule has 1 N–H and O–H groups in total. The largest absolute Gasteiger partial charge is 0.506 e. The van der Waals surface area contributed by atoms with Gasteiger partial charge in [0, 0.05) is 30.2 Å². The van der Waals surface area contributed by atoms with Crippen LogP contribution in [0.4, 0.5) is 4.39 Å². The molecule has 1 aliphatic rings. The number of Topliss-reactive ketones (excluding diaryl/α,β-unsaturated/α-hetero) is 2. The zero-order chi connectivity index (χ0) is 22.1. The molecule has 156 valence electrons. The molecule has 31 heavy (non-hydrogen) atoms. The number of rotatable bonds is 3. The van der Waals surface area contributed by atoms with Gasteiger partial charge in [0.2, 0.25) is 0 Å². The molecule has 0 aliphatic heterocycles. The topological polar surface area (TPSA) is 89.3 Å². The van der Waals surface area contributed by atoms with Gasteiger partial charge in [-0.3, -0.25) is 19.0 Å². The molecule has 1 fully saturated rings. The van der Waals surface area contributed by atoms with Crippen LogP contribution in [0, 0.1) is 12.7 Å². The number of hydrogen-bond acceptors (Lipinski definition) is 5. The fraction of sp³-hybridized carbons (Fsp3) is 0.167. The summed E-state index contributed by atoms with van der Waals surface area (Å²) < 4.78 is 15.5. The van der Waals surface area contributed by atoms with Crippen molar-refractivity contribution in [3.05, 3.63) is 87.6 Å². The number of allylic oxidation sites excluding steroid dienone is 1. The Balaban J connectivity index is 2.04. The average Bonchev–Trinajstić information content (AvgIpc) is 2.76. The van der Waals surface area contributed by atoms with Crippen LogP contribution in [-0.4, -0.2) is 26.2 Å². The summed E-state index contributed by atoms with van der Waals surface area (Å²) in [6.07, 6.45) is 1.80.